The SMILES string of the molecule is O=S(=O)(NCc1cncc(-c2cccs2)c1)c1cccc(Cl)c1. The van der Waals surface area contributed by atoms with E-state index in [0.29, 0.717) is 5.02 Å². The molecule has 0 bridgehead atoms. The minimum atomic E-state index is -3.61. The molecule has 23 heavy (non-hydrogen) atoms. The quantitative estimate of drug-likeness (QED) is 0.745. The van der Waals surface area contributed by atoms with Crippen LogP contribution in [0.5, 0.6) is 0 Å². The van der Waals surface area contributed by atoms with E-state index in [-0.39, 0.29) is 11.4 Å². The van der Waals surface area contributed by atoms with E-state index < -0.39 is 10.0 Å². The second-order valence-corrected chi connectivity index (χ2v) is 7.99. The lowest BCUT2D eigenvalue weighted by molar-refractivity contribution is 0.581. The zero-order chi connectivity index (χ0) is 16.3. The third-order valence-corrected chi connectivity index (χ3v) is 5.73. The molecule has 2 heterocycles. The van der Waals surface area contributed by atoms with E-state index in [1.807, 2.05) is 23.6 Å². The number of benzene rings is 1. The van der Waals surface area contributed by atoms with Crippen molar-refractivity contribution in [1.82, 2.24) is 9.71 Å². The van der Waals surface area contributed by atoms with Crippen LogP contribution in [0.3, 0.4) is 0 Å². The molecule has 0 amide bonds. The average molecular weight is 365 g/mol. The Hall–Kier alpha value is -1.73. The molecule has 0 aliphatic heterocycles. The van der Waals surface area contributed by atoms with Crippen molar-refractivity contribution in [3.8, 4) is 10.4 Å². The zero-order valence-corrected chi connectivity index (χ0v) is 14.3. The summed E-state index contributed by atoms with van der Waals surface area (Å²) in [5.41, 5.74) is 1.76. The van der Waals surface area contributed by atoms with Gasteiger partial charge in [0.1, 0.15) is 0 Å². The number of sulfonamides is 1. The highest BCUT2D eigenvalue weighted by Gasteiger charge is 2.14. The highest BCUT2D eigenvalue weighted by atomic mass is 35.5. The second kappa shape index (κ2) is 6.80. The Balaban J connectivity index is 1.77. The van der Waals surface area contributed by atoms with Gasteiger partial charge in [0.15, 0.2) is 0 Å². The van der Waals surface area contributed by atoms with Gasteiger partial charge in [0.05, 0.1) is 4.90 Å². The lowest BCUT2D eigenvalue weighted by Crippen LogP contribution is -2.23. The molecular weight excluding hydrogens is 352 g/mol. The Labute approximate surface area is 143 Å². The van der Waals surface area contributed by atoms with Gasteiger partial charge in [0, 0.05) is 34.4 Å². The Bertz CT molecular complexity index is 909. The summed E-state index contributed by atoms with van der Waals surface area (Å²) in [4.78, 5) is 5.42. The number of aromatic nitrogens is 1. The molecular formula is C16H13ClN2O2S2. The molecule has 0 saturated carbocycles. The molecule has 7 heteroatoms. The molecule has 0 fully saturated rings. The fourth-order valence-electron chi connectivity index (χ4n) is 2.06. The van der Waals surface area contributed by atoms with Crippen LogP contribution >= 0.6 is 22.9 Å². The first kappa shape index (κ1) is 16.1. The van der Waals surface area contributed by atoms with Crippen LogP contribution in [0.2, 0.25) is 5.02 Å². The topological polar surface area (TPSA) is 59.1 Å². The maximum atomic E-state index is 12.3. The number of hydrogen-bond donors (Lipinski definition) is 1. The van der Waals surface area contributed by atoms with E-state index in [1.165, 1.54) is 12.1 Å². The summed E-state index contributed by atoms with van der Waals surface area (Å²) in [5.74, 6) is 0. The highest BCUT2D eigenvalue weighted by Crippen LogP contribution is 2.24. The molecule has 3 aromatic rings. The molecule has 3 rings (SSSR count). The normalized spacial score (nSPS) is 11.5. The van der Waals surface area contributed by atoms with E-state index >= 15 is 0 Å². The number of rotatable bonds is 5. The van der Waals surface area contributed by atoms with Crippen LogP contribution < -0.4 is 4.72 Å². The van der Waals surface area contributed by atoms with E-state index in [2.05, 4.69) is 9.71 Å². The summed E-state index contributed by atoms with van der Waals surface area (Å²) in [5, 5.41) is 2.37. The predicted octanol–water partition coefficient (Wildman–Crippen LogP) is 3.94. The number of thiophene rings is 1. The van der Waals surface area contributed by atoms with Crippen LogP contribution in [0.4, 0.5) is 0 Å². The molecule has 0 atom stereocenters. The van der Waals surface area contributed by atoms with Crippen molar-refractivity contribution in [2.45, 2.75) is 11.4 Å². The van der Waals surface area contributed by atoms with Crippen molar-refractivity contribution in [3.63, 3.8) is 0 Å². The van der Waals surface area contributed by atoms with Gasteiger partial charge in [-0.3, -0.25) is 4.98 Å². The van der Waals surface area contributed by atoms with Gasteiger partial charge >= 0.3 is 0 Å². The van der Waals surface area contributed by atoms with E-state index in [9.17, 15) is 8.42 Å². The van der Waals surface area contributed by atoms with E-state index in [1.54, 1.807) is 35.9 Å². The number of halogens is 1. The molecule has 0 spiro atoms. The molecule has 118 valence electrons. The van der Waals surface area contributed by atoms with Crippen molar-refractivity contribution in [1.29, 1.82) is 0 Å². The third-order valence-electron chi connectivity index (χ3n) is 3.17. The Morgan fingerprint density at radius 3 is 2.74 bits per heavy atom. The maximum Gasteiger partial charge on any atom is 0.240 e. The van der Waals surface area contributed by atoms with Crippen LogP contribution in [0.1, 0.15) is 5.56 Å². The number of hydrogen-bond acceptors (Lipinski definition) is 4. The van der Waals surface area contributed by atoms with Crippen LogP contribution in [0, 0.1) is 0 Å². The standard InChI is InChI=1S/C16H13ClN2O2S2/c17-14-3-1-4-15(8-14)23(20,21)19-10-12-7-13(11-18-9-12)16-5-2-6-22-16/h1-9,11,19H,10H2. The van der Waals surface area contributed by atoms with E-state index in [0.717, 1.165) is 16.0 Å². The van der Waals surface area contributed by atoms with Gasteiger partial charge in [-0.1, -0.05) is 23.7 Å². The van der Waals surface area contributed by atoms with Crippen molar-refractivity contribution in [2.24, 2.45) is 0 Å². The summed E-state index contributed by atoms with van der Waals surface area (Å²) >= 11 is 7.46. The van der Waals surface area contributed by atoms with Crippen molar-refractivity contribution < 1.29 is 8.42 Å². The fraction of sp³-hybridized carbons (Fsp3) is 0.0625. The second-order valence-electron chi connectivity index (χ2n) is 4.84. The van der Waals surface area contributed by atoms with Gasteiger partial charge < -0.3 is 0 Å². The van der Waals surface area contributed by atoms with Gasteiger partial charge in [-0.05, 0) is 41.3 Å². The molecule has 4 nitrogen and oxygen atoms in total. The molecule has 0 aliphatic rings. The molecule has 1 N–H and O–H groups in total. The van der Waals surface area contributed by atoms with Crippen LogP contribution in [-0.4, -0.2) is 13.4 Å². The third kappa shape index (κ3) is 3.97. The zero-order valence-electron chi connectivity index (χ0n) is 11.9. The summed E-state index contributed by atoms with van der Waals surface area (Å²) < 4.78 is 27.1. The fourth-order valence-corrected chi connectivity index (χ4v) is 4.08. The number of pyridine rings is 1. The minimum Gasteiger partial charge on any atom is -0.264 e. The van der Waals surface area contributed by atoms with Crippen LogP contribution in [0.15, 0.2) is 65.1 Å². The average Bonchev–Trinajstić information content (AvgIpc) is 3.08. The van der Waals surface area contributed by atoms with Crippen LogP contribution in [0.25, 0.3) is 10.4 Å². The Morgan fingerprint density at radius 1 is 1.13 bits per heavy atom. The Morgan fingerprint density at radius 2 is 2.00 bits per heavy atom. The first-order valence-electron chi connectivity index (χ1n) is 6.78. The van der Waals surface area contributed by atoms with Gasteiger partial charge in [0.25, 0.3) is 0 Å². The summed E-state index contributed by atoms with van der Waals surface area (Å²) in [7, 11) is -3.61. The lowest BCUT2D eigenvalue weighted by atomic mass is 10.2. The first-order valence-corrected chi connectivity index (χ1v) is 9.52. The molecule has 0 unspecified atom stereocenters. The lowest BCUT2D eigenvalue weighted by Gasteiger charge is -2.08. The monoisotopic (exact) mass is 364 g/mol. The van der Waals surface area contributed by atoms with Crippen molar-refractivity contribution >= 4 is 33.0 Å². The van der Waals surface area contributed by atoms with Crippen molar-refractivity contribution in [3.05, 3.63) is 70.8 Å². The summed E-state index contributed by atoms with van der Waals surface area (Å²) in [6, 6.07) is 12.1. The van der Waals surface area contributed by atoms with E-state index in [4.69, 9.17) is 11.6 Å². The molecule has 2 aromatic heterocycles. The van der Waals surface area contributed by atoms with Gasteiger partial charge in [-0.2, -0.15) is 0 Å². The highest BCUT2D eigenvalue weighted by molar-refractivity contribution is 7.89. The largest absolute Gasteiger partial charge is 0.264 e. The van der Waals surface area contributed by atoms with Gasteiger partial charge in [-0.15, -0.1) is 11.3 Å². The number of nitrogens with one attached hydrogen (secondary N) is 1. The Kier molecular flexibility index (Phi) is 4.77. The van der Waals surface area contributed by atoms with Crippen LogP contribution in [-0.2, 0) is 16.6 Å². The van der Waals surface area contributed by atoms with Crippen molar-refractivity contribution in [2.75, 3.05) is 0 Å². The summed E-state index contributed by atoms with van der Waals surface area (Å²) in [6.45, 7) is 0.168. The predicted molar refractivity (Wildman–Crippen MR) is 93.0 cm³/mol. The molecule has 0 saturated heterocycles. The first-order chi connectivity index (χ1) is 11.0. The smallest absolute Gasteiger partial charge is 0.240 e. The van der Waals surface area contributed by atoms with Gasteiger partial charge in [-0.25, -0.2) is 13.1 Å². The molecule has 1 aromatic carbocycles. The molecule has 0 radical (unpaired) electrons. The molecule has 0 aliphatic carbocycles. The maximum absolute atomic E-state index is 12.3. The minimum absolute atomic E-state index is 0.146. The number of nitrogens with zero attached hydrogens (tertiary/aromatic N) is 1. The summed E-state index contributed by atoms with van der Waals surface area (Å²) in [6.07, 6.45) is 3.42. The van der Waals surface area contributed by atoms with Gasteiger partial charge in [0.2, 0.25) is 10.0 Å².